The number of ether oxygens (including phenoxy) is 1. The van der Waals surface area contributed by atoms with Crippen LogP contribution in [0.15, 0.2) is 140 Å². The van der Waals surface area contributed by atoms with Crippen LogP contribution in [-0.4, -0.2) is 23.8 Å². The Morgan fingerprint density at radius 2 is 1.25 bits per heavy atom. The number of aromatic nitrogens is 5. The van der Waals surface area contributed by atoms with Gasteiger partial charge in [-0.2, -0.15) is 0 Å². The van der Waals surface area contributed by atoms with Crippen LogP contribution in [-0.2, 0) is 21.1 Å². The summed E-state index contributed by atoms with van der Waals surface area (Å²) in [5.41, 5.74) is 7.91. The number of nitrogens with zero attached hydrogens (tertiary/aromatic N) is 5. The Hall–Kier alpha value is -5.84. The summed E-state index contributed by atoms with van der Waals surface area (Å²) in [6.07, 6.45) is 7.56. The molecule has 5 aromatic heterocycles. The minimum Gasteiger partial charge on any atom is -0.497 e. The monoisotopic (exact) mass is 796 g/mol. The van der Waals surface area contributed by atoms with Gasteiger partial charge in [0, 0.05) is 41.8 Å². The van der Waals surface area contributed by atoms with E-state index in [9.17, 15) is 0 Å². The predicted octanol–water partition coefficient (Wildman–Crippen LogP) is 9.71. The van der Waals surface area contributed by atoms with Crippen molar-refractivity contribution in [3.05, 3.63) is 152 Å². The van der Waals surface area contributed by atoms with Gasteiger partial charge in [-0.3, -0.25) is 9.97 Å². The molecule has 0 aliphatic heterocycles. The SMILES string of the molecule is [Pt+2].[c-]1c(Oc2[c-]c3c(cc2)c2cccnc2n2c(-c4ccccc4)cnc32)ccc2c1c1nccn1c1cccc(-c3ccccc3)c21. The van der Waals surface area contributed by atoms with Gasteiger partial charge in [-0.05, 0) is 39.6 Å². The van der Waals surface area contributed by atoms with Crippen molar-refractivity contribution in [2.75, 3.05) is 0 Å². The average molecular weight is 797 g/mol. The number of hydrogen-bond donors (Lipinski definition) is 0. The summed E-state index contributed by atoms with van der Waals surface area (Å²) in [7, 11) is 0. The zero-order valence-corrected chi connectivity index (χ0v) is 27.5. The molecular formula is C41H23N5OPt. The molecule has 48 heavy (non-hydrogen) atoms. The molecule has 0 atom stereocenters. The molecule has 0 spiro atoms. The van der Waals surface area contributed by atoms with Gasteiger partial charge in [0.05, 0.1) is 17.0 Å². The van der Waals surface area contributed by atoms with Crippen molar-refractivity contribution in [2.24, 2.45) is 0 Å². The number of pyridine rings is 3. The third kappa shape index (κ3) is 4.26. The van der Waals surface area contributed by atoms with Crippen LogP contribution in [0.5, 0.6) is 11.5 Å². The van der Waals surface area contributed by atoms with E-state index in [1.807, 2.05) is 67.3 Å². The molecule has 0 N–H and O–H groups in total. The third-order valence-electron chi connectivity index (χ3n) is 8.92. The van der Waals surface area contributed by atoms with Crippen LogP contribution in [0.1, 0.15) is 0 Å². The normalized spacial score (nSPS) is 11.6. The van der Waals surface area contributed by atoms with Gasteiger partial charge >= 0.3 is 21.1 Å². The first-order valence-corrected chi connectivity index (χ1v) is 15.4. The summed E-state index contributed by atoms with van der Waals surface area (Å²) in [6, 6.07) is 46.4. The Balaban J connectivity index is 0.00000314. The topological polar surface area (TPSA) is 56.7 Å². The summed E-state index contributed by atoms with van der Waals surface area (Å²) in [4.78, 5) is 14.4. The van der Waals surface area contributed by atoms with Crippen LogP contribution in [0.4, 0.5) is 0 Å². The van der Waals surface area contributed by atoms with Gasteiger partial charge < -0.3 is 13.5 Å². The maximum absolute atomic E-state index is 6.50. The molecule has 5 aromatic carbocycles. The van der Waals surface area contributed by atoms with Crippen molar-refractivity contribution in [1.29, 1.82) is 0 Å². The molecule has 0 saturated carbocycles. The van der Waals surface area contributed by atoms with E-state index in [2.05, 4.69) is 93.7 Å². The van der Waals surface area contributed by atoms with Gasteiger partial charge in [-0.1, -0.05) is 125 Å². The molecule has 10 aromatic rings. The smallest absolute Gasteiger partial charge is 0.497 e. The molecular weight excluding hydrogens is 774 g/mol. The van der Waals surface area contributed by atoms with Gasteiger partial charge in [0.25, 0.3) is 0 Å². The van der Waals surface area contributed by atoms with Crippen LogP contribution in [0.2, 0.25) is 0 Å². The third-order valence-corrected chi connectivity index (χ3v) is 8.92. The zero-order chi connectivity index (χ0) is 30.9. The Bertz CT molecular complexity index is 2820. The molecule has 6 nitrogen and oxygen atoms in total. The van der Waals surface area contributed by atoms with Crippen LogP contribution >= 0.6 is 0 Å². The van der Waals surface area contributed by atoms with Crippen molar-refractivity contribution in [3.8, 4) is 33.9 Å². The second-order valence-electron chi connectivity index (χ2n) is 11.6. The van der Waals surface area contributed by atoms with Crippen LogP contribution in [0.3, 0.4) is 0 Å². The molecule has 0 saturated heterocycles. The number of fused-ring (bicyclic) bond motifs is 12. The maximum atomic E-state index is 6.50. The van der Waals surface area contributed by atoms with E-state index in [0.717, 1.165) is 77.2 Å². The van der Waals surface area contributed by atoms with E-state index in [-0.39, 0.29) is 21.1 Å². The standard InChI is InChI=1S/C41H23N5O.Pt/c1-3-9-26(10-4-1)30-13-7-15-36-38(30)32-19-17-29(24-35(32)39-43-21-22-45(36)39)47-28-16-18-31-33-14-8-20-42-40(33)46-37(27-11-5-2-6-12-27)25-44-41(46)34(31)23-28;/h1-22,25H;/q-2;+2. The molecule has 7 heteroatoms. The van der Waals surface area contributed by atoms with Gasteiger partial charge in [0.15, 0.2) is 0 Å². The molecule has 5 heterocycles. The summed E-state index contributed by atoms with van der Waals surface area (Å²) in [5, 5.41) is 6.01. The van der Waals surface area contributed by atoms with E-state index in [0.29, 0.717) is 11.5 Å². The van der Waals surface area contributed by atoms with E-state index in [1.165, 1.54) is 0 Å². The number of rotatable bonds is 4. The predicted molar refractivity (Wildman–Crippen MR) is 187 cm³/mol. The first kappa shape index (κ1) is 28.4. The fourth-order valence-corrected chi connectivity index (χ4v) is 6.88. The van der Waals surface area contributed by atoms with Crippen LogP contribution in [0.25, 0.3) is 77.2 Å². The molecule has 0 aliphatic carbocycles. The molecule has 0 unspecified atom stereocenters. The van der Waals surface area contributed by atoms with Gasteiger partial charge in [0.1, 0.15) is 5.65 Å². The second-order valence-corrected chi connectivity index (χ2v) is 11.6. The minimum atomic E-state index is 0. The molecule has 228 valence electrons. The van der Waals surface area contributed by atoms with Crippen molar-refractivity contribution in [2.45, 2.75) is 0 Å². The van der Waals surface area contributed by atoms with E-state index >= 15 is 0 Å². The summed E-state index contributed by atoms with van der Waals surface area (Å²) < 4.78 is 10.7. The Morgan fingerprint density at radius 1 is 0.542 bits per heavy atom. The van der Waals surface area contributed by atoms with E-state index < -0.39 is 0 Å². The van der Waals surface area contributed by atoms with Gasteiger partial charge in [0.2, 0.25) is 0 Å². The Morgan fingerprint density at radius 3 is 2.04 bits per heavy atom. The van der Waals surface area contributed by atoms with E-state index in [4.69, 9.17) is 19.7 Å². The average Bonchev–Trinajstić information content (AvgIpc) is 3.82. The van der Waals surface area contributed by atoms with Crippen LogP contribution in [0, 0.1) is 12.1 Å². The fourth-order valence-electron chi connectivity index (χ4n) is 6.88. The summed E-state index contributed by atoms with van der Waals surface area (Å²) in [6.45, 7) is 0. The fraction of sp³-hybridized carbons (Fsp3) is 0. The first-order valence-electron chi connectivity index (χ1n) is 15.4. The first-order chi connectivity index (χ1) is 23.3. The van der Waals surface area contributed by atoms with Gasteiger partial charge in [-0.15, -0.1) is 12.1 Å². The van der Waals surface area contributed by atoms with Crippen LogP contribution < -0.4 is 4.74 Å². The van der Waals surface area contributed by atoms with Crippen molar-refractivity contribution < 1.29 is 25.8 Å². The van der Waals surface area contributed by atoms with E-state index in [1.54, 1.807) is 0 Å². The molecule has 0 bridgehead atoms. The van der Waals surface area contributed by atoms with Gasteiger partial charge in [-0.25, -0.2) is 4.98 Å². The minimum absolute atomic E-state index is 0. The molecule has 0 amide bonds. The van der Waals surface area contributed by atoms with Crippen molar-refractivity contribution >= 4 is 54.8 Å². The maximum Gasteiger partial charge on any atom is 2.00 e. The second kappa shape index (κ2) is 11.1. The molecule has 0 radical (unpaired) electrons. The largest absolute Gasteiger partial charge is 2.00 e. The Labute approximate surface area is 289 Å². The summed E-state index contributed by atoms with van der Waals surface area (Å²) >= 11 is 0. The zero-order valence-electron chi connectivity index (χ0n) is 25.2. The number of benzene rings is 5. The number of imidazole rings is 2. The number of hydrogen-bond acceptors (Lipinski definition) is 4. The molecule has 0 fully saturated rings. The van der Waals surface area contributed by atoms with Crippen molar-refractivity contribution in [3.63, 3.8) is 0 Å². The Kier molecular flexibility index (Phi) is 6.59. The molecule has 0 aliphatic rings. The molecule has 10 rings (SSSR count). The quantitative estimate of drug-likeness (QED) is 0.132. The summed E-state index contributed by atoms with van der Waals surface area (Å²) in [5.74, 6) is 1.16. The van der Waals surface area contributed by atoms with Crippen molar-refractivity contribution in [1.82, 2.24) is 23.8 Å².